The molecule has 1 aromatic heterocycles. The van der Waals surface area contributed by atoms with E-state index in [0.29, 0.717) is 11.8 Å². The van der Waals surface area contributed by atoms with E-state index < -0.39 is 0 Å². The zero-order valence-corrected chi connectivity index (χ0v) is 25.9. The van der Waals surface area contributed by atoms with Crippen LogP contribution in [0.25, 0.3) is 34.3 Å². The van der Waals surface area contributed by atoms with Gasteiger partial charge in [0.05, 0.1) is 11.4 Å². The molecule has 0 amide bonds. The molecular formula is C38H40BN3. The molecule has 42 heavy (non-hydrogen) atoms. The molecule has 0 spiro atoms. The van der Waals surface area contributed by atoms with Gasteiger partial charge in [-0.25, -0.2) is 4.98 Å². The monoisotopic (exact) mass is 549 g/mol. The molecule has 0 atom stereocenters. The van der Waals surface area contributed by atoms with Gasteiger partial charge in [-0.2, -0.15) is 0 Å². The van der Waals surface area contributed by atoms with Gasteiger partial charge in [0.25, 0.3) is 0 Å². The minimum absolute atomic E-state index is 0.0324. The van der Waals surface area contributed by atoms with Crippen molar-refractivity contribution in [3.05, 3.63) is 125 Å². The van der Waals surface area contributed by atoms with Gasteiger partial charge in [0.1, 0.15) is 5.82 Å². The van der Waals surface area contributed by atoms with Crippen LogP contribution >= 0.6 is 0 Å². The van der Waals surface area contributed by atoms with E-state index in [1.807, 2.05) is 0 Å². The van der Waals surface area contributed by atoms with Crippen LogP contribution in [-0.4, -0.2) is 28.3 Å². The van der Waals surface area contributed by atoms with Crippen molar-refractivity contribution in [2.75, 3.05) is 7.05 Å². The molecule has 0 N–H and O–H groups in total. The Morgan fingerprint density at radius 1 is 0.667 bits per heavy atom. The van der Waals surface area contributed by atoms with Crippen LogP contribution in [-0.2, 0) is 0 Å². The summed E-state index contributed by atoms with van der Waals surface area (Å²) in [6.07, 6.45) is 4.38. The number of benzene rings is 4. The first-order valence-electron chi connectivity index (χ1n) is 15.1. The fourth-order valence-electron chi connectivity index (χ4n) is 6.52. The van der Waals surface area contributed by atoms with Crippen molar-refractivity contribution in [1.29, 1.82) is 0 Å². The fourth-order valence-corrected chi connectivity index (χ4v) is 6.52. The molecule has 3 nitrogen and oxygen atoms in total. The molecule has 2 heterocycles. The summed E-state index contributed by atoms with van der Waals surface area (Å²) in [5.41, 5.74) is 13.8. The van der Waals surface area contributed by atoms with Crippen molar-refractivity contribution in [2.45, 2.75) is 53.4 Å². The van der Waals surface area contributed by atoms with Gasteiger partial charge in [0.2, 0.25) is 0 Å². The second kappa shape index (κ2) is 11.2. The van der Waals surface area contributed by atoms with Crippen molar-refractivity contribution >= 4 is 24.0 Å². The van der Waals surface area contributed by atoms with Crippen LogP contribution in [0.15, 0.2) is 97.2 Å². The van der Waals surface area contributed by atoms with Gasteiger partial charge in [-0.05, 0) is 84.9 Å². The van der Waals surface area contributed by atoms with Crippen LogP contribution < -0.4 is 11.1 Å². The van der Waals surface area contributed by atoms with E-state index in [2.05, 4.69) is 161 Å². The predicted molar refractivity (Wildman–Crippen MR) is 180 cm³/mol. The summed E-state index contributed by atoms with van der Waals surface area (Å²) in [5.74, 6) is 1.63. The van der Waals surface area contributed by atoms with Gasteiger partial charge < -0.3 is 9.38 Å². The summed E-state index contributed by atoms with van der Waals surface area (Å²) in [4.78, 5) is 7.75. The van der Waals surface area contributed by atoms with Gasteiger partial charge in [0, 0.05) is 11.2 Å². The molecule has 0 saturated heterocycles. The number of fused-ring (bicyclic) bond motifs is 1. The Bertz CT molecular complexity index is 1710. The molecule has 0 fully saturated rings. The molecule has 0 saturated carbocycles. The third kappa shape index (κ3) is 4.79. The Morgan fingerprint density at radius 3 is 1.76 bits per heavy atom. The number of aromatic nitrogens is 2. The minimum Gasteiger partial charge on any atom is -0.414 e. The topological polar surface area (TPSA) is 21.1 Å². The molecule has 1 aliphatic heterocycles. The normalized spacial score (nSPS) is 12.9. The van der Waals surface area contributed by atoms with Crippen molar-refractivity contribution in [2.24, 2.45) is 0 Å². The Hall–Kier alpha value is -4.31. The molecule has 0 radical (unpaired) electrons. The third-order valence-electron chi connectivity index (χ3n) is 8.67. The van der Waals surface area contributed by atoms with E-state index in [1.165, 1.54) is 50.1 Å². The molecule has 4 heteroatoms. The zero-order valence-electron chi connectivity index (χ0n) is 25.9. The Kier molecular flexibility index (Phi) is 7.41. The van der Waals surface area contributed by atoms with Crippen LogP contribution in [0.3, 0.4) is 0 Å². The maximum atomic E-state index is 5.40. The fraction of sp³-hybridized carbons (Fsp3) is 0.237. The lowest BCUT2D eigenvalue weighted by Gasteiger charge is -2.32. The Labute approximate surface area is 251 Å². The molecule has 1 aliphatic rings. The largest absolute Gasteiger partial charge is 0.414 e. The van der Waals surface area contributed by atoms with Gasteiger partial charge >= 0.3 is 6.85 Å². The number of rotatable bonds is 6. The van der Waals surface area contributed by atoms with Crippen molar-refractivity contribution < 1.29 is 0 Å². The maximum Gasteiger partial charge on any atom is 0.344 e. The molecule has 0 bridgehead atoms. The number of aryl methyl sites for hydroxylation is 2. The van der Waals surface area contributed by atoms with Crippen LogP contribution in [0, 0.1) is 13.8 Å². The lowest BCUT2D eigenvalue weighted by atomic mass is 9.48. The van der Waals surface area contributed by atoms with Gasteiger partial charge in [-0.1, -0.05) is 118 Å². The van der Waals surface area contributed by atoms with Gasteiger partial charge in [0.15, 0.2) is 0 Å². The molecule has 0 unspecified atom stereocenters. The highest BCUT2D eigenvalue weighted by Gasteiger charge is 2.38. The van der Waals surface area contributed by atoms with Crippen LogP contribution in [0.1, 0.15) is 67.5 Å². The zero-order chi connectivity index (χ0) is 29.5. The Balaban J connectivity index is 1.75. The predicted octanol–water partition coefficient (Wildman–Crippen LogP) is 8.09. The van der Waals surface area contributed by atoms with E-state index in [-0.39, 0.29) is 6.85 Å². The second-order valence-electron chi connectivity index (χ2n) is 12.3. The van der Waals surface area contributed by atoms with Crippen molar-refractivity contribution in [3.63, 3.8) is 0 Å². The summed E-state index contributed by atoms with van der Waals surface area (Å²) < 4.78 is 2.51. The highest BCUT2D eigenvalue weighted by Crippen LogP contribution is 2.38. The highest BCUT2D eigenvalue weighted by atomic mass is 15.1. The lowest BCUT2D eigenvalue weighted by molar-refractivity contribution is 0.723. The van der Waals surface area contributed by atoms with E-state index in [9.17, 15) is 0 Å². The van der Waals surface area contributed by atoms with Crippen LogP contribution in [0.2, 0.25) is 0 Å². The van der Waals surface area contributed by atoms with Gasteiger partial charge in [-0.3, -0.25) is 0 Å². The number of hydrogen-bond donors (Lipinski definition) is 0. The van der Waals surface area contributed by atoms with Crippen molar-refractivity contribution in [1.82, 2.24) is 14.4 Å². The summed E-state index contributed by atoms with van der Waals surface area (Å²) in [7, 11) is 2.20. The first-order chi connectivity index (χ1) is 20.3. The smallest absolute Gasteiger partial charge is 0.344 e. The van der Waals surface area contributed by atoms with E-state index in [1.54, 1.807) is 0 Å². The number of nitrogens with zero attached hydrogens (tertiary/aromatic N) is 3. The minimum atomic E-state index is 0.0324. The SMILES string of the molecule is Cc1cccc(C)c1B1c2c(nc(-c3ccccc3)n2-c2c(C(C)C)cc(-c3ccccc3)cc2C(C)C)C=CN1C. The Morgan fingerprint density at radius 2 is 1.21 bits per heavy atom. The first-order valence-corrected chi connectivity index (χ1v) is 15.1. The summed E-state index contributed by atoms with van der Waals surface area (Å²) >= 11 is 0. The number of hydrogen-bond acceptors (Lipinski definition) is 2. The average molecular weight is 550 g/mol. The van der Waals surface area contributed by atoms with Crippen LogP contribution in [0.4, 0.5) is 0 Å². The van der Waals surface area contributed by atoms with Gasteiger partial charge in [-0.15, -0.1) is 0 Å². The summed E-state index contributed by atoms with van der Waals surface area (Å²) in [5, 5.41) is 0. The lowest BCUT2D eigenvalue weighted by Crippen LogP contribution is -2.59. The van der Waals surface area contributed by atoms with Crippen molar-refractivity contribution in [3.8, 4) is 28.2 Å². The maximum absolute atomic E-state index is 5.40. The first kappa shape index (κ1) is 27.8. The summed E-state index contributed by atoms with van der Waals surface area (Å²) in [6, 6.07) is 32.9. The highest BCUT2D eigenvalue weighted by molar-refractivity contribution is 6.84. The average Bonchev–Trinajstić information content (AvgIpc) is 3.37. The van der Waals surface area contributed by atoms with E-state index in [0.717, 1.165) is 17.1 Å². The van der Waals surface area contributed by atoms with E-state index in [4.69, 9.17) is 4.98 Å². The third-order valence-corrected chi connectivity index (χ3v) is 8.67. The quantitative estimate of drug-likeness (QED) is 0.200. The molecule has 210 valence electrons. The standard InChI is InChI=1S/C38H40BN3/c1-25(2)32-23-31(29-17-10-8-11-18-29)24-33(26(3)4)36(32)42-37-34(40-38(42)30-19-12-9-13-20-30)21-22-41(7)39(37)35-27(5)15-14-16-28(35)6/h8-26H,1-7H3. The molecule has 6 rings (SSSR count). The molecular weight excluding hydrogens is 509 g/mol. The number of imidazole rings is 1. The molecule has 4 aromatic carbocycles. The molecule has 5 aromatic rings. The van der Waals surface area contributed by atoms with Crippen LogP contribution in [0.5, 0.6) is 0 Å². The summed E-state index contributed by atoms with van der Waals surface area (Å²) in [6.45, 7) is 13.8. The van der Waals surface area contributed by atoms with E-state index >= 15 is 0 Å². The second-order valence-corrected chi connectivity index (χ2v) is 12.3. The molecule has 0 aliphatic carbocycles.